The van der Waals surface area contributed by atoms with Gasteiger partial charge in [-0.25, -0.2) is 0 Å². The number of rotatable bonds is 7. The molecule has 0 spiro atoms. The predicted molar refractivity (Wildman–Crippen MR) is 116 cm³/mol. The molecule has 3 rings (SSSR count). The van der Waals surface area contributed by atoms with E-state index < -0.39 is 18.8 Å². The molecule has 7 nitrogen and oxygen atoms in total. The number of aryl methyl sites for hydroxylation is 1. The van der Waals surface area contributed by atoms with Gasteiger partial charge in [-0.3, -0.25) is 14.5 Å². The van der Waals surface area contributed by atoms with E-state index in [0.29, 0.717) is 11.4 Å². The molecule has 0 aliphatic heterocycles. The number of carbonyl (C=O) groups is 1. The van der Waals surface area contributed by atoms with Gasteiger partial charge in [0.15, 0.2) is 6.61 Å². The Morgan fingerprint density at radius 3 is 2.30 bits per heavy atom. The number of aromatic nitrogens is 4. The first-order valence-electron chi connectivity index (χ1n) is 10.3. The van der Waals surface area contributed by atoms with Crippen molar-refractivity contribution in [2.75, 3.05) is 6.61 Å². The SMILES string of the molecule is Cn1cc([C@@H](NC(=O)Cc2ccc(C(C)(C)C)cc2)c2ccc(OCC(F)(F)F)cn2)nn1. The van der Waals surface area contributed by atoms with Gasteiger partial charge < -0.3 is 10.1 Å². The second-order valence-corrected chi connectivity index (χ2v) is 8.76. The highest BCUT2D eigenvalue weighted by atomic mass is 19.4. The molecule has 2 aromatic heterocycles. The van der Waals surface area contributed by atoms with Gasteiger partial charge in [0.25, 0.3) is 0 Å². The summed E-state index contributed by atoms with van der Waals surface area (Å²) in [5, 5.41) is 10.9. The van der Waals surface area contributed by atoms with Gasteiger partial charge in [-0.15, -0.1) is 5.10 Å². The summed E-state index contributed by atoms with van der Waals surface area (Å²) in [6, 6.07) is 9.98. The third-order valence-corrected chi connectivity index (χ3v) is 4.86. The van der Waals surface area contributed by atoms with E-state index in [9.17, 15) is 18.0 Å². The summed E-state index contributed by atoms with van der Waals surface area (Å²) in [7, 11) is 1.69. The molecule has 2 heterocycles. The third-order valence-electron chi connectivity index (χ3n) is 4.86. The predicted octanol–water partition coefficient (Wildman–Crippen LogP) is 3.90. The van der Waals surface area contributed by atoms with Gasteiger partial charge in [-0.2, -0.15) is 13.2 Å². The van der Waals surface area contributed by atoms with Crippen LogP contribution in [-0.2, 0) is 23.7 Å². The number of alkyl halides is 3. The molecule has 3 aromatic rings. The molecule has 176 valence electrons. The highest BCUT2D eigenvalue weighted by Gasteiger charge is 2.28. The number of hydrogen-bond donors (Lipinski definition) is 1. The molecule has 0 unspecified atom stereocenters. The zero-order chi connectivity index (χ0) is 24.2. The number of amides is 1. The van der Waals surface area contributed by atoms with Gasteiger partial charge in [0, 0.05) is 7.05 Å². The highest BCUT2D eigenvalue weighted by molar-refractivity contribution is 5.79. The lowest BCUT2D eigenvalue weighted by atomic mass is 9.86. The van der Waals surface area contributed by atoms with Crippen molar-refractivity contribution in [2.24, 2.45) is 7.05 Å². The van der Waals surface area contributed by atoms with Gasteiger partial charge in [0.05, 0.1) is 24.5 Å². The second-order valence-electron chi connectivity index (χ2n) is 8.76. The Hall–Kier alpha value is -3.43. The average Bonchev–Trinajstić information content (AvgIpc) is 3.16. The van der Waals surface area contributed by atoms with E-state index in [1.165, 1.54) is 28.6 Å². The summed E-state index contributed by atoms with van der Waals surface area (Å²) in [4.78, 5) is 17.0. The van der Waals surface area contributed by atoms with Crippen molar-refractivity contribution >= 4 is 5.91 Å². The quantitative estimate of drug-likeness (QED) is 0.577. The number of nitrogens with zero attached hydrogens (tertiary/aromatic N) is 4. The zero-order valence-electron chi connectivity index (χ0n) is 18.8. The maximum atomic E-state index is 12.8. The fourth-order valence-corrected chi connectivity index (χ4v) is 3.13. The van der Waals surface area contributed by atoms with Crippen molar-refractivity contribution in [1.29, 1.82) is 0 Å². The molecule has 1 aromatic carbocycles. The van der Waals surface area contributed by atoms with Gasteiger partial charge in [-0.05, 0) is 28.7 Å². The summed E-state index contributed by atoms with van der Waals surface area (Å²) in [6.07, 6.45) is -1.48. The van der Waals surface area contributed by atoms with E-state index in [1.54, 1.807) is 13.2 Å². The van der Waals surface area contributed by atoms with Gasteiger partial charge >= 0.3 is 6.18 Å². The van der Waals surface area contributed by atoms with Crippen molar-refractivity contribution in [2.45, 2.75) is 44.8 Å². The summed E-state index contributed by atoms with van der Waals surface area (Å²) in [5.41, 5.74) is 2.87. The smallest absolute Gasteiger partial charge is 0.422 e. The Bertz CT molecular complexity index is 1070. The van der Waals surface area contributed by atoms with Crippen LogP contribution in [0.2, 0.25) is 0 Å². The summed E-state index contributed by atoms with van der Waals surface area (Å²) in [6.45, 7) is 4.94. The molecule has 10 heteroatoms. The fourth-order valence-electron chi connectivity index (χ4n) is 3.13. The lowest BCUT2D eigenvalue weighted by Gasteiger charge is -2.19. The first-order chi connectivity index (χ1) is 15.4. The van der Waals surface area contributed by atoms with E-state index in [4.69, 9.17) is 4.74 Å². The molecule has 0 aliphatic rings. The van der Waals surface area contributed by atoms with Crippen molar-refractivity contribution in [1.82, 2.24) is 25.3 Å². The number of pyridine rings is 1. The second kappa shape index (κ2) is 9.60. The first kappa shape index (κ1) is 24.2. The Morgan fingerprint density at radius 2 is 1.79 bits per heavy atom. The number of ether oxygens (including phenoxy) is 1. The zero-order valence-corrected chi connectivity index (χ0v) is 18.8. The summed E-state index contributed by atoms with van der Waals surface area (Å²) >= 11 is 0. The van der Waals surface area contributed by atoms with Crippen LogP contribution in [0.4, 0.5) is 13.2 Å². The molecule has 1 atom stereocenters. The van der Waals surface area contributed by atoms with Crippen LogP contribution in [0.5, 0.6) is 5.75 Å². The number of hydrogen-bond acceptors (Lipinski definition) is 5. The number of benzene rings is 1. The molecular formula is C23H26F3N5O2. The number of carbonyl (C=O) groups excluding carboxylic acids is 1. The van der Waals surface area contributed by atoms with Crippen LogP contribution in [0, 0.1) is 0 Å². The molecule has 0 bridgehead atoms. The lowest BCUT2D eigenvalue weighted by molar-refractivity contribution is -0.153. The number of nitrogens with one attached hydrogen (secondary N) is 1. The van der Waals surface area contributed by atoms with Crippen LogP contribution >= 0.6 is 0 Å². The maximum absolute atomic E-state index is 12.8. The highest BCUT2D eigenvalue weighted by Crippen LogP contribution is 2.24. The van der Waals surface area contributed by atoms with Gasteiger partial charge in [-0.1, -0.05) is 50.3 Å². The van der Waals surface area contributed by atoms with E-state index in [0.717, 1.165) is 5.56 Å². The minimum absolute atomic E-state index is 0.0134. The van der Waals surface area contributed by atoms with Crippen molar-refractivity contribution < 1.29 is 22.7 Å². The van der Waals surface area contributed by atoms with Crippen LogP contribution < -0.4 is 10.1 Å². The maximum Gasteiger partial charge on any atom is 0.422 e. The fraction of sp³-hybridized carbons (Fsp3) is 0.391. The average molecular weight is 461 g/mol. The first-order valence-corrected chi connectivity index (χ1v) is 10.3. The standard InChI is InChI=1S/C23H26F3N5O2/c1-22(2,3)16-7-5-15(6-8-16)11-20(32)28-21(19-13-31(4)30-29-19)18-10-9-17(12-27-18)33-14-23(24,25)26/h5-10,12-13,21H,11,14H2,1-4H3,(H,28,32)/t21-/m0/s1. The Kier molecular flexibility index (Phi) is 7.04. The molecule has 0 saturated carbocycles. The monoisotopic (exact) mass is 461 g/mol. The molecule has 0 aliphatic carbocycles. The van der Waals surface area contributed by atoms with E-state index in [2.05, 4.69) is 41.4 Å². The largest absolute Gasteiger partial charge is 0.483 e. The van der Waals surface area contributed by atoms with Crippen molar-refractivity contribution in [3.63, 3.8) is 0 Å². The lowest BCUT2D eigenvalue weighted by Crippen LogP contribution is -2.31. The Labute approximate surface area is 190 Å². The van der Waals surface area contributed by atoms with Gasteiger partial charge in [0.2, 0.25) is 5.91 Å². The van der Waals surface area contributed by atoms with Crippen LogP contribution in [0.3, 0.4) is 0 Å². The van der Waals surface area contributed by atoms with Crippen molar-refractivity contribution in [3.05, 3.63) is 71.3 Å². The van der Waals surface area contributed by atoms with E-state index in [1.807, 2.05) is 24.3 Å². The van der Waals surface area contributed by atoms with Crippen molar-refractivity contribution in [3.8, 4) is 5.75 Å². The minimum Gasteiger partial charge on any atom is -0.483 e. The Morgan fingerprint density at radius 1 is 1.09 bits per heavy atom. The molecule has 1 amide bonds. The van der Waals surface area contributed by atoms with Crippen LogP contribution in [0.1, 0.15) is 49.3 Å². The molecule has 33 heavy (non-hydrogen) atoms. The molecule has 0 saturated heterocycles. The Balaban J connectivity index is 1.74. The van der Waals surface area contributed by atoms with Crippen LogP contribution in [0.15, 0.2) is 48.8 Å². The normalized spacial score (nSPS) is 12.9. The minimum atomic E-state index is -4.44. The van der Waals surface area contributed by atoms with E-state index >= 15 is 0 Å². The van der Waals surface area contributed by atoms with Crippen LogP contribution in [-0.4, -0.2) is 38.7 Å². The summed E-state index contributed by atoms with van der Waals surface area (Å²) in [5.74, 6) is -0.285. The summed E-state index contributed by atoms with van der Waals surface area (Å²) < 4.78 is 43.3. The third kappa shape index (κ3) is 7.03. The molecule has 0 radical (unpaired) electrons. The van der Waals surface area contributed by atoms with E-state index in [-0.39, 0.29) is 23.5 Å². The van der Waals surface area contributed by atoms with Gasteiger partial charge in [0.1, 0.15) is 17.5 Å². The molecular weight excluding hydrogens is 435 g/mol. The van der Waals surface area contributed by atoms with Crippen LogP contribution in [0.25, 0.3) is 0 Å². The molecule has 0 fully saturated rings. The number of halogens is 3. The molecule has 1 N–H and O–H groups in total. The topological polar surface area (TPSA) is 81.9 Å².